The van der Waals surface area contributed by atoms with E-state index in [4.69, 9.17) is 0 Å². The molecule has 0 bridgehead atoms. The van der Waals surface area contributed by atoms with Crippen molar-refractivity contribution in [1.82, 2.24) is 4.81 Å². The highest BCUT2D eigenvalue weighted by Gasteiger charge is 2.06. The molecule has 3 heteroatoms. The standard InChI is InChI=1S/C6H15BNSi/c1-4-5-6-7(9)8(2)3/h4-6H2,1-3H3. The van der Waals surface area contributed by atoms with Crippen molar-refractivity contribution in [2.75, 3.05) is 14.1 Å². The SMILES string of the molecule is CCCCB([Si])N(C)C. The van der Waals surface area contributed by atoms with E-state index in [1.54, 1.807) is 0 Å². The lowest BCUT2D eigenvalue weighted by Gasteiger charge is -2.15. The summed E-state index contributed by atoms with van der Waals surface area (Å²) in [7, 11) is 7.80. The summed E-state index contributed by atoms with van der Waals surface area (Å²) in [6.07, 6.45) is 4.41. The average molecular weight is 140 g/mol. The zero-order chi connectivity index (χ0) is 7.28. The Balaban J connectivity index is 3.16. The first-order valence-electron chi connectivity index (χ1n) is 3.56. The second-order valence-electron chi connectivity index (χ2n) is 2.62. The van der Waals surface area contributed by atoms with Crippen molar-refractivity contribution in [2.45, 2.75) is 26.1 Å². The van der Waals surface area contributed by atoms with Crippen LogP contribution in [0.5, 0.6) is 0 Å². The first-order chi connectivity index (χ1) is 4.18. The highest BCUT2D eigenvalue weighted by Crippen LogP contribution is 1.98. The van der Waals surface area contributed by atoms with E-state index < -0.39 is 0 Å². The van der Waals surface area contributed by atoms with Crippen LogP contribution >= 0.6 is 0 Å². The molecule has 0 amide bonds. The molecule has 0 heterocycles. The Morgan fingerprint density at radius 2 is 2.00 bits per heavy atom. The van der Waals surface area contributed by atoms with Gasteiger partial charge in [0.15, 0.2) is 0 Å². The smallest absolute Gasteiger partial charge is 0.201 e. The van der Waals surface area contributed by atoms with E-state index in [1.165, 1.54) is 19.2 Å². The van der Waals surface area contributed by atoms with Crippen LogP contribution in [0.1, 0.15) is 19.8 Å². The second-order valence-corrected chi connectivity index (χ2v) is 3.29. The molecule has 0 aromatic rings. The van der Waals surface area contributed by atoms with E-state index in [0.29, 0.717) is 6.44 Å². The molecule has 0 aromatic heterocycles. The lowest BCUT2D eigenvalue weighted by Crippen LogP contribution is -2.32. The molecular weight excluding hydrogens is 125 g/mol. The third-order valence-electron chi connectivity index (χ3n) is 1.45. The first-order valence-corrected chi connectivity index (χ1v) is 4.13. The molecule has 0 aliphatic carbocycles. The van der Waals surface area contributed by atoms with Gasteiger partial charge in [-0.05, 0) is 14.1 Å². The summed E-state index contributed by atoms with van der Waals surface area (Å²) in [5.74, 6) is 0. The molecular formula is C6H15BNSi. The molecule has 0 unspecified atom stereocenters. The fourth-order valence-corrected chi connectivity index (χ4v) is 0.860. The molecule has 0 aliphatic rings. The number of hydrogen-bond acceptors (Lipinski definition) is 1. The Hall–Kier alpha value is 0.242. The highest BCUT2D eigenvalue weighted by atomic mass is 28.1. The number of unbranched alkanes of at least 4 members (excludes halogenated alkanes) is 1. The van der Waals surface area contributed by atoms with Crippen LogP contribution in [-0.2, 0) is 0 Å². The Morgan fingerprint density at radius 1 is 1.44 bits per heavy atom. The van der Waals surface area contributed by atoms with Crippen molar-refractivity contribution in [2.24, 2.45) is 0 Å². The van der Waals surface area contributed by atoms with E-state index in [9.17, 15) is 0 Å². The van der Waals surface area contributed by atoms with Crippen molar-refractivity contribution >= 4 is 16.6 Å². The zero-order valence-electron chi connectivity index (χ0n) is 6.65. The van der Waals surface area contributed by atoms with E-state index in [1.807, 2.05) is 0 Å². The predicted molar refractivity (Wildman–Crippen MR) is 44.9 cm³/mol. The maximum absolute atomic E-state index is 3.62. The molecule has 3 radical (unpaired) electrons. The van der Waals surface area contributed by atoms with Crippen LogP contribution in [-0.4, -0.2) is 35.5 Å². The maximum atomic E-state index is 3.62. The molecule has 0 atom stereocenters. The summed E-state index contributed by atoms with van der Waals surface area (Å²) in [4.78, 5) is 2.19. The maximum Gasteiger partial charge on any atom is 0.201 e. The van der Waals surface area contributed by atoms with Crippen molar-refractivity contribution < 1.29 is 0 Å². The van der Waals surface area contributed by atoms with Gasteiger partial charge < -0.3 is 4.81 Å². The van der Waals surface area contributed by atoms with Crippen LogP contribution in [0, 0.1) is 0 Å². The van der Waals surface area contributed by atoms with Crippen LogP contribution in [0.15, 0.2) is 0 Å². The Morgan fingerprint density at radius 3 is 2.33 bits per heavy atom. The topological polar surface area (TPSA) is 3.24 Å². The van der Waals surface area contributed by atoms with Crippen molar-refractivity contribution in [3.8, 4) is 0 Å². The molecule has 0 saturated carbocycles. The van der Waals surface area contributed by atoms with Gasteiger partial charge in [-0.2, -0.15) is 0 Å². The normalized spacial score (nSPS) is 10.3. The fraction of sp³-hybridized carbons (Fsp3) is 1.00. The quantitative estimate of drug-likeness (QED) is 0.526. The third-order valence-corrected chi connectivity index (χ3v) is 2.26. The summed E-state index contributed by atoms with van der Waals surface area (Å²) < 4.78 is 0. The predicted octanol–water partition coefficient (Wildman–Crippen LogP) is 1.00. The van der Waals surface area contributed by atoms with E-state index in [2.05, 4.69) is 35.9 Å². The second kappa shape index (κ2) is 5.06. The van der Waals surface area contributed by atoms with Gasteiger partial charge in [0.1, 0.15) is 0 Å². The van der Waals surface area contributed by atoms with Crippen LogP contribution in [0.3, 0.4) is 0 Å². The van der Waals surface area contributed by atoms with Crippen LogP contribution in [0.2, 0.25) is 6.32 Å². The summed E-state index contributed by atoms with van der Waals surface area (Å²) in [5.41, 5.74) is 0. The third kappa shape index (κ3) is 4.73. The molecule has 1 nitrogen and oxygen atoms in total. The van der Waals surface area contributed by atoms with Gasteiger partial charge in [0.25, 0.3) is 0 Å². The number of rotatable bonds is 4. The molecule has 0 spiro atoms. The van der Waals surface area contributed by atoms with Crippen LogP contribution in [0.4, 0.5) is 0 Å². The minimum Gasteiger partial charge on any atom is -0.350 e. The summed E-state index contributed by atoms with van der Waals surface area (Å²) in [5, 5.41) is 0. The first kappa shape index (κ1) is 9.24. The highest BCUT2D eigenvalue weighted by molar-refractivity contribution is 7.01. The van der Waals surface area contributed by atoms with Gasteiger partial charge in [-0.15, -0.1) is 0 Å². The number of hydrogen-bond donors (Lipinski definition) is 0. The molecule has 51 valence electrons. The Labute approximate surface area is 62.3 Å². The summed E-state index contributed by atoms with van der Waals surface area (Å²) in [6.45, 7) is 2.22. The van der Waals surface area contributed by atoms with Gasteiger partial charge in [-0.1, -0.05) is 26.1 Å². The average Bonchev–Trinajstić information content (AvgIpc) is 1.82. The fourth-order valence-electron chi connectivity index (χ4n) is 0.656. The zero-order valence-corrected chi connectivity index (χ0v) is 7.65. The number of nitrogens with zero attached hydrogens (tertiary/aromatic N) is 1. The monoisotopic (exact) mass is 140 g/mol. The molecule has 0 aromatic carbocycles. The van der Waals surface area contributed by atoms with Gasteiger partial charge in [0.05, 0.1) is 0 Å². The Kier molecular flexibility index (Phi) is 5.20. The van der Waals surface area contributed by atoms with E-state index in [0.717, 1.165) is 0 Å². The van der Waals surface area contributed by atoms with Gasteiger partial charge in [0, 0.05) is 10.1 Å². The largest absolute Gasteiger partial charge is 0.350 e. The van der Waals surface area contributed by atoms with Gasteiger partial charge in [-0.3, -0.25) is 0 Å². The summed E-state index contributed by atoms with van der Waals surface area (Å²) >= 11 is 0. The molecule has 0 fully saturated rings. The van der Waals surface area contributed by atoms with Crippen LogP contribution < -0.4 is 0 Å². The molecule has 0 saturated heterocycles. The van der Waals surface area contributed by atoms with E-state index in [-0.39, 0.29) is 0 Å². The molecule has 0 aliphatic heterocycles. The van der Waals surface area contributed by atoms with Gasteiger partial charge in [0.2, 0.25) is 6.44 Å². The van der Waals surface area contributed by atoms with Gasteiger partial charge in [-0.25, -0.2) is 0 Å². The van der Waals surface area contributed by atoms with Crippen molar-refractivity contribution in [3.63, 3.8) is 0 Å². The summed E-state index contributed by atoms with van der Waals surface area (Å²) in [6, 6.07) is 0. The van der Waals surface area contributed by atoms with Crippen molar-refractivity contribution in [3.05, 3.63) is 0 Å². The molecule has 0 rings (SSSR count). The van der Waals surface area contributed by atoms with E-state index >= 15 is 0 Å². The minimum absolute atomic E-state index is 0.560. The lowest BCUT2D eigenvalue weighted by molar-refractivity contribution is 0.644. The molecule has 9 heavy (non-hydrogen) atoms. The van der Waals surface area contributed by atoms with Crippen molar-refractivity contribution in [1.29, 1.82) is 0 Å². The van der Waals surface area contributed by atoms with Gasteiger partial charge >= 0.3 is 0 Å². The lowest BCUT2D eigenvalue weighted by atomic mass is 9.82. The van der Waals surface area contributed by atoms with Crippen LogP contribution in [0.25, 0.3) is 0 Å². The molecule has 0 N–H and O–H groups in total. The Bertz CT molecular complexity index is 68.1. The minimum atomic E-state index is 0.560.